The van der Waals surface area contributed by atoms with Crippen LogP contribution in [0.2, 0.25) is 0 Å². The number of hydrogen-bond acceptors (Lipinski definition) is 2. The minimum Gasteiger partial charge on any atom is -0.326 e. The summed E-state index contributed by atoms with van der Waals surface area (Å²) in [6, 6.07) is 17.5. The van der Waals surface area contributed by atoms with Gasteiger partial charge in [-0.2, -0.15) is 0 Å². The van der Waals surface area contributed by atoms with Crippen molar-refractivity contribution in [3.05, 3.63) is 60.7 Å². The van der Waals surface area contributed by atoms with Crippen molar-refractivity contribution in [2.45, 2.75) is 19.9 Å². The second kappa shape index (κ2) is 8.15. The molecule has 2 rings (SSSR count). The van der Waals surface area contributed by atoms with Gasteiger partial charge in [0.15, 0.2) is 0 Å². The number of anilines is 2. The van der Waals surface area contributed by atoms with Gasteiger partial charge in [0.2, 0.25) is 5.91 Å². The summed E-state index contributed by atoms with van der Waals surface area (Å²) >= 11 is 0. The van der Waals surface area contributed by atoms with Crippen molar-refractivity contribution >= 4 is 23.3 Å². The van der Waals surface area contributed by atoms with Crippen molar-refractivity contribution < 1.29 is 9.59 Å². The molecule has 5 heteroatoms. The molecular formula is C19H23N3O2. The highest BCUT2D eigenvalue weighted by atomic mass is 16.2. The summed E-state index contributed by atoms with van der Waals surface area (Å²) < 4.78 is 0. The van der Waals surface area contributed by atoms with Gasteiger partial charge < -0.3 is 15.5 Å². The molecular weight excluding hydrogens is 302 g/mol. The van der Waals surface area contributed by atoms with Crippen molar-refractivity contribution in [2.75, 3.05) is 17.3 Å². The summed E-state index contributed by atoms with van der Waals surface area (Å²) in [6.45, 7) is 3.81. The van der Waals surface area contributed by atoms with E-state index in [2.05, 4.69) is 10.6 Å². The average molecular weight is 325 g/mol. The number of urea groups is 1. The quantitative estimate of drug-likeness (QED) is 0.884. The maximum Gasteiger partial charge on any atom is 0.319 e. The standard InChI is InChI=1S/C19H23N3O2/c1-14(2)17(18(23)22(3)16-12-8-5-9-13-16)21-19(24)20-15-10-6-4-7-11-15/h4-14,17H,1-3H3,(H2,20,21,24)/t17-/m0/s1. The zero-order chi connectivity index (χ0) is 17.5. The Morgan fingerprint density at radius 1 is 0.917 bits per heavy atom. The molecule has 0 aromatic heterocycles. The van der Waals surface area contributed by atoms with E-state index < -0.39 is 12.1 Å². The Morgan fingerprint density at radius 2 is 1.46 bits per heavy atom. The molecule has 0 heterocycles. The zero-order valence-electron chi connectivity index (χ0n) is 14.2. The van der Waals surface area contributed by atoms with Crippen molar-refractivity contribution in [3.63, 3.8) is 0 Å². The first kappa shape index (κ1) is 17.5. The lowest BCUT2D eigenvalue weighted by Crippen LogP contribution is -2.51. The van der Waals surface area contributed by atoms with E-state index >= 15 is 0 Å². The van der Waals surface area contributed by atoms with Gasteiger partial charge >= 0.3 is 6.03 Å². The lowest BCUT2D eigenvalue weighted by atomic mass is 10.0. The van der Waals surface area contributed by atoms with Gasteiger partial charge in [0.1, 0.15) is 6.04 Å². The van der Waals surface area contributed by atoms with Gasteiger partial charge in [0, 0.05) is 18.4 Å². The van der Waals surface area contributed by atoms with Gasteiger partial charge in [-0.3, -0.25) is 4.79 Å². The molecule has 0 fully saturated rings. The Kier molecular flexibility index (Phi) is 5.95. The van der Waals surface area contributed by atoms with Crippen LogP contribution in [-0.4, -0.2) is 25.0 Å². The van der Waals surface area contributed by atoms with Gasteiger partial charge in [-0.1, -0.05) is 50.2 Å². The molecule has 2 N–H and O–H groups in total. The van der Waals surface area contributed by atoms with E-state index in [9.17, 15) is 9.59 Å². The van der Waals surface area contributed by atoms with Crippen LogP contribution in [0.25, 0.3) is 0 Å². The molecule has 2 aromatic carbocycles. The number of likely N-dealkylation sites (N-methyl/N-ethyl adjacent to an activating group) is 1. The van der Waals surface area contributed by atoms with Crippen molar-refractivity contribution in [2.24, 2.45) is 5.92 Å². The van der Waals surface area contributed by atoms with Crippen LogP contribution in [0.15, 0.2) is 60.7 Å². The first-order chi connectivity index (χ1) is 11.5. The van der Waals surface area contributed by atoms with Crippen LogP contribution in [0.3, 0.4) is 0 Å². The third kappa shape index (κ3) is 4.59. The maximum absolute atomic E-state index is 12.8. The van der Waals surface area contributed by atoms with Crippen LogP contribution in [0, 0.1) is 5.92 Å². The molecule has 0 saturated carbocycles. The summed E-state index contributed by atoms with van der Waals surface area (Å²) in [4.78, 5) is 26.5. The van der Waals surface area contributed by atoms with Crippen LogP contribution in [0.4, 0.5) is 16.2 Å². The summed E-state index contributed by atoms with van der Waals surface area (Å²) in [5, 5.41) is 5.51. The number of rotatable bonds is 5. The third-order valence-corrected chi connectivity index (χ3v) is 3.73. The Hall–Kier alpha value is -2.82. The summed E-state index contributed by atoms with van der Waals surface area (Å²) in [5.74, 6) is -0.190. The minimum absolute atomic E-state index is 0.0369. The zero-order valence-corrected chi connectivity index (χ0v) is 14.2. The normalized spacial score (nSPS) is 11.7. The van der Waals surface area contributed by atoms with E-state index in [-0.39, 0.29) is 11.8 Å². The average Bonchev–Trinajstić information content (AvgIpc) is 2.60. The molecule has 1 atom stereocenters. The van der Waals surface area contributed by atoms with Gasteiger partial charge in [0.05, 0.1) is 0 Å². The fourth-order valence-corrected chi connectivity index (χ4v) is 2.33. The smallest absolute Gasteiger partial charge is 0.319 e. The highest BCUT2D eigenvalue weighted by molar-refractivity contribution is 6.00. The van der Waals surface area contributed by atoms with E-state index in [1.54, 1.807) is 24.1 Å². The fraction of sp³-hybridized carbons (Fsp3) is 0.263. The molecule has 0 aliphatic rings. The van der Waals surface area contributed by atoms with Crippen LogP contribution < -0.4 is 15.5 Å². The lowest BCUT2D eigenvalue weighted by molar-refractivity contribution is -0.121. The van der Waals surface area contributed by atoms with E-state index in [1.165, 1.54) is 0 Å². The molecule has 0 aliphatic heterocycles. The topological polar surface area (TPSA) is 61.4 Å². The first-order valence-corrected chi connectivity index (χ1v) is 7.94. The Morgan fingerprint density at radius 3 is 2.00 bits per heavy atom. The monoisotopic (exact) mass is 325 g/mol. The predicted molar refractivity (Wildman–Crippen MR) is 97.1 cm³/mol. The van der Waals surface area contributed by atoms with Gasteiger partial charge in [0.25, 0.3) is 0 Å². The molecule has 0 saturated heterocycles. The number of benzene rings is 2. The highest BCUT2D eigenvalue weighted by Gasteiger charge is 2.27. The number of carbonyl (C=O) groups excluding carboxylic acids is 2. The Bertz CT molecular complexity index is 672. The lowest BCUT2D eigenvalue weighted by Gasteiger charge is -2.27. The molecule has 0 spiro atoms. The molecule has 0 bridgehead atoms. The van der Waals surface area contributed by atoms with Crippen LogP contribution >= 0.6 is 0 Å². The fourth-order valence-electron chi connectivity index (χ4n) is 2.33. The molecule has 126 valence electrons. The van der Waals surface area contributed by atoms with E-state index in [0.717, 1.165) is 5.69 Å². The molecule has 0 radical (unpaired) electrons. The Labute approximate surface area is 142 Å². The number of para-hydroxylation sites is 2. The molecule has 24 heavy (non-hydrogen) atoms. The second-order valence-corrected chi connectivity index (χ2v) is 5.92. The Balaban J connectivity index is 2.06. The number of hydrogen-bond donors (Lipinski definition) is 2. The largest absolute Gasteiger partial charge is 0.326 e. The molecule has 3 amide bonds. The molecule has 5 nitrogen and oxygen atoms in total. The number of nitrogens with zero attached hydrogens (tertiary/aromatic N) is 1. The van der Waals surface area contributed by atoms with Crippen LogP contribution in [-0.2, 0) is 4.79 Å². The summed E-state index contributed by atoms with van der Waals surface area (Å²) in [5.41, 5.74) is 1.47. The molecule has 0 unspecified atom stereocenters. The van der Waals surface area contributed by atoms with E-state index in [0.29, 0.717) is 5.69 Å². The molecule has 2 aromatic rings. The van der Waals surface area contributed by atoms with Gasteiger partial charge in [-0.15, -0.1) is 0 Å². The minimum atomic E-state index is -0.612. The van der Waals surface area contributed by atoms with Crippen LogP contribution in [0.5, 0.6) is 0 Å². The number of nitrogens with one attached hydrogen (secondary N) is 2. The predicted octanol–water partition coefficient (Wildman–Crippen LogP) is 3.50. The summed E-state index contributed by atoms with van der Waals surface area (Å²) in [7, 11) is 1.71. The van der Waals surface area contributed by atoms with E-state index in [1.807, 2.05) is 62.4 Å². The second-order valence-electron chi connectivity index (χ2n) is 5.92. The van der Waals surface area contributed by atoms with Crippen LogP contribution in [0.1, 0.15) is 13.8 Å². The SMILES string of the molecule is CC(C)[C@H](NC(=O)Nc1ccccc1)C(=O)N(C)c1ccccc1. The first-order valence-electron chi connectivity index (χ1n) is 7.94. The molecule has 0 aliphatic carbocycles. The van der Waals surface area contributed by atoms with E-state index in [4.69, 9.17) is 0 Å². The third-order valence-electron chi connectivity index (χ3n) is 3.73. The van der Waals surface area contributed by atoms with Gasteiger partial charge in [-0.25, -0.2) is 4.79 Å². The summed E-state index contributed by atoms with van der Waals surface area (Å²) in [6.07, 6.45) is 0. The highest BCUT2D eigenvalue weighted by Crippen LogP contribution is 2.15. The number of carbonyl (C=O) groups is 2. The van der Waals surface area contributed by atoms with Crippen molar-refractivity contribution in [1.29, 1.82) is 0 Å². The van der Waals surface area contributed by atoms with Crippen molar-refractivity contribution in [1.82, 2.24) is 5.32 Å². The maximum atomic E-state index is 12.8. The number of amides is 3. The van der Waals surface area contributed by atoms with Crippen molar-refractivity contribution in [3.8, 4) is 0 Å². The van der Waals surface area contributed by atoms with Gasteiger partial charge in [-0.05, 0) is 30.2 Å².